The minimum absolute atomic E-state index is 0.115. The Hall–Kier alpha value is -5.37. The molecule has 0 saturated heterocycles. The third-order valence-corrected chi connectivity index (χ3v) is 6.64. The zero-order valence-corrected chi connectivity index (χ0v) is 21.9. The highest BCUT2D eigenvalue weighted by atomic mass is 16.7. The summed E-state index contributed by atoms with van der Waals surface area (Å²) in [5.74, 6) is 0.419. The van der Waals surface area contributed by atoms with E-state index in [1.807, 2.05) is 44.2 Å². The summed E-state index contributed by atoms with van der Waals surface area (Å²) < 4.78 is 16.3. The normalized spacial score (nSPS) is 12.2. The molecule has 1 aliphatic rings. The van der Waals surface area contributed by atoms with Crippen LogP contribution in [0.25, 0.3) is 22.0 Å². The largest absolute Gasteiger partial charge is 0.454 e. The molecule has 1 amide bonds. The SMILES string of the molecule is Cc1cc(C)c2[nH]c(C(=O)NN=Cc3ccccc3OC(=O)c3ccc4c(c3)OCO4)c(-c3ccccc3)c2c1. The van der Waals surface area contributed by atoms with Crippen LogP contribution in [-0.4, -0.2) is 29.9 Å². The zero-order chi connectivity index (χ0) is 27.6. The standard InChI is InChI=1S/C32H25N3O5/c1-19-14-20(2)29-24(15-19)28(21-8-4-3-5-9-21)30(34-29)31(36)35-33-17-23-10-6-7-11-25(23)40-32(37)22-12-13-26-27(16-22)39-18-38-26/h3-17,34H,18H2,1-2H3,(H,35,36). The molecule has 0 aliphatic carbocycles. The molecule has 2 heterocycles. The van der Waals surface area contributed by atoms with Gasteiger partial charge in [-0.25, -0.2) is 10.2 Å². The van der Waals surface area contributed by atoms with E-state index in [1.165, 1.54) is 6.21 Å². The number of rotatable bonds is 6. The Kier molecular flexibility index (Phi) is 6.49. The van der Waals surface area contributed by atoms with E-state index in [0.29, 0.717) is 34.1 Å². The first-order valence-electron chi connectivity index (χ1n) is 12.7. The number of hydrazone groups is 1. The van der Waals surface area contributed by atoms with E-state index in [4.69, 9.17) is 14.2 Å². The summed E-state index contributed by atoms with van der Waals surface area (Å²) >= 11 is 0. The van der Waals surface area contributed by atoms with Crippen LogP contribution in [-0.2, 0) is 0 Å². The Labute approximate surface area is 230 Å². The monoisotopic (exact) mass is 531 g/mol. The van der Waals surface area contributed by atoms with Crippen molar-refractivity contribution in [2.24, 2.45) is 5.10 Å². The van der Waals surface area contributed by atoms with Crippen molar-refractivity contribution in [2.45, 2.75) is 13.8 Å². The number of aromatic nitrogens is 1. The van der Waals surface area contributed by atoms with Crippen molar-refractivity contribution in [3.63, 3.8) is 0 Å². The Morgan fingerprint density at radius 1 is 0.925 bits per heavy atom. The van der Waals surface area contributed by atoms with Crippen LogP contribution < -0.4 is 19.6 Å². The van der Waals surface area contributed by atoms with Crippen LogP contribution in [0.5, 0.6) is 17.2 Å². The predicted molar refractivity (Wildman–Crippen MR) is 152 cm³/mol. The lowest BCUT2D eigenvalue weighted by Gasteiger charge is -2.08. The number of para-hydroxylation sites is 1. The third kappa shape index (κ3) is 4.78. The fraction of sp³-hybridized carbons (Fsp3) is 0.0938. The first-order valence-corrected chi connectivity index (χ1v) is 12.7. The molecule has 4 aromatic carbocycles. The molecule has 0 bridgehead atoms. The number of carbonyl (C=O) groups excluding carboxylic acids is 2. The molecule has 1 aromatic heterocycles. The number of nitrogens with zero attached hydrogens (tertiary/aromatic N) is 1. The molecule has 0 fully saturated rings. The summed E-state index contributed by atoms with van der Waals surface area (Å²) in [4.78, 5) is 29.5. The lowest BCUT2D eigenvalue weighted by atomic mass is 9.99. The number of hydrogen-bond acceptors (Lipinski definition) is 6. The Morgan fingerprint density at radius 2 is 1.70 bits per heavy atom. The molecule has 0 radical (unpaired) electrons. The number of hydrogen-bond donors (Lipinski definition) is 2. The van der Waals surface area contributed by atoms with Crippen molar-refractivity contribution >= 4 is 29.0 Å². The Morgan fingerprint density at radius 3 is 2.55 bits per heavy atom. The average molecular weight is 532 g/mol. The van der Waals surface area contributed by atoms with Crippen LogP contribution in [0.3, 0.4) is 0 Å². The molecule has 8 nitrogen and oxygen atoms in total. The van der Waals surface area contributed by atoms with E-state index >= 15 is 0 Å². The second-order valence-corrected chi connectivity index (χ2v) is 9.44. The van der Waals surface area contributed by atoms with Gasteiger partial charge in [0.25, 0.3) is 5.91 Å². The maximum atomic E-state index is 13.4. The van der Waals surface area contributed by atoms with Crippen LogP contribution in [0.2, 0.25) is 0 Å². The average Bonchev–Trinajstić information content (AvgIpc) is 3.59. The topological polar surface area (TPSA) is 102 Å². The summed E-state index contributed by atoms with van der Waals surface area (Å²) in [5, 5.41) is 5.15. The van der Waals surface area contributed by atoms with Crippen molar-refractivity contribution in [3.05, 3.63) is 113 Å². The molecule has 1 aliphatic heterocycles. The van der Waals surface area contributed by atoms with Crippen molar-refractivity contribution in [2.75, 3.05) is 6.79 Å². The highest BCUT2D eigenvalue weighted by Gasteiger charge is 2.21. The van der Waals surface area contributed by atoms with Crippen LogP contribution in [0, 0.1) is 13.8 Å². The molecule has 6 rings (SSSR count). The summed E-state index contributed by atoms with van der Waals surface area (Å²) in [7, 11) is 0. The van der Waals surface area contributed by atoms with Gasteiger partial charge in [-0.1, -0.05) is 54.1 Å². The number of H-pyrrole nitrogens is 1. The summed E-state index contributed by atoms with van der Waals surface area (Å²) in [5.41, 5.74) is 8.67. The molecule has 0 unspecified atom stereocenters. The van der Waals surface area contributed by atoms with Gasteiger partial charge in [-0.15, -0.1) is 0 Å². The van der Waals surface area contributed by atoms with Crippen molar-refractivity contribution in [3.8, 4) is 28.4 Å². The first kappa shape index (κ1) is 24.9. The maximum absolute atomic E-state index is 13.4. The summed E-state index contributed by atoms with van der Waals surface area (Å²) in [6.07, 6.45) is 1.44. The van der Waals surface area contributed by atoms with Crippen LogP contribution in [0.15, 0.2) is 90.0 Å². The van der Waals surface area contributed by atoms with Gasteiger partial charge in [0.1, 0.15) is 11.4 Å². The number of esters is 1. The van der Waals surface area contributed by atoms with Gasteiger partial charge in [0.15, 0.2) is 11.5 Å². The predicted octanol–water partition coefficient (Wildman–Crippen LogP) is 6.16. The molecule has 0 saturated carbocycles. The molecule has 8 heteroatoms. The number of aromatic amines is 1. The molecule has 5 aromatic rings. The quantitative estimate of drug-likeness (QED) is 0.118. The van der Waals surface area contributed by atoms with Gasteiger partial charge in [-0.05, 0) is 61.4 Å². The molecular weight excluding hydrogens is 506 g/mol. The third-order valence-electron chi connectivity index (χ3n) is 6.64. The number of ether oxygens (including phenoxy) is 3. The second-order valence-electron chi connectivity index (χ2n) is 9.44. The zero-order valence-electron chi connectivity index (χ0n) is 21.9. The van der Waals surface area contributed by atoms with E-state index in [-0.39, 0.29) is 6.79 Å². The number of carbonyl (C=O) groups is 2. The molecule has 2 N–H and O–H groups in total. The number of fused-ring (bicyclic) bond motifs is 2. The van der Waals surface area contributed by atoms with Gasteiger partial charge in [0, 0.05) is 22.0 Å². The maximum Gasteiger partial charge on any atom is 0.343 e. The number of aryl methyl sites for hydroxylation is 2. The molecule has 0 spiro atoms. The van der Waals surface area contributed by atoms with Gasteiger partial charge in [-0.2, -0.15) is 5.10 Å². The Bertz CT molecular complexity index is 1790. The number of nitrogens with one attached hydrogen (secondary N) is 2. The lowest BCUT2D eigenvalue weighted by Crippen LogP contribution is -2.19. The van der Waals surface area contributed by atoms with Crippen LogP contribution >= 0.6 is 0 Å². The van der Waals surface area contributed by atoms with E-state index < -0.39 is 11.9 Å². The molecular formula is C32H25N3O5. The van der Waals surface area contributed by atoms with Crippen molar-refractivity contribution in [1.29, 1.82) is 0 Å². The van der Waals surface area contributed by atoms with E-state index in [1.54, 1.807) is 42.5 Å². The van der Waals surface area contributed by atoms with E-state index in [0.717, 1.165) is 33.2 Å². The minimum atomic E-state index is -0.556. The lowest BCUT2D eigenvalue weighted by molar-refractivity contribution is 0.0733. The fourth-order valence-electron chi connectivity index (χ4n) is 4.81. The molecule has 0 atom stereocenters. The van der Waals surface area contributed by atoms with Gasteiger partial charge in [0.2, 0.25) is 6.79 Å². The van der Waals surface area contributed by atoms with Gasteiger partial charge in [-0.3, -0.25) is 4.79 Å². The number of amides is 1. The minimum Gasteiger partial charge on any atom is -0.454 e. The highest BCUT2D eigenvalue weighted by molar-refractivity contribution is 6.10. The van der Waals surface area contributed by atoms with E-state index in [9.17, 15) is 9.59 Å². The molecule has 198 valence electrons. The summed E-state index contributed by atoms with van der Waals surface area (Å²) in [6, 6.07) is 25.7. The first-order chi connectivity index (χ1) is 19.5. The van der Waals surface area contributed by atoms with E-state index in [2.05, 4.69) is 27.6 Å². The number of benzene rings is 4. The van der Waals surface area contributed by atoms with Crippen LogP contribution in [0.4, 0.5) is 0 Å². The summed E-state index contributed by atoms with van der Waals surface area (Å²) in [6.45, 7) is 4.17. The smallest absolute Gasteiger partial charge is 0.343 e. The molecule has 40 heavy (non-hydrogen) atoms. The van der Waals surface area contributed by atoms with Gasteiger partial charge < -0.3 is 19.2 Å². The second kappa shape index (κ2) is 10.4. The van der Waals surface area contributed by atoms with Crippen molar-refractivity contribution < 1.29 is 23.8 Å². The van der Waals surface area contributed by atoms with Gasteiger partial charge in [0.05, 0.1) is 11.8 Å². The Balaban J connectivity index is 1.24. The van der Waals surface area contributed by atoms with Crippen molar-refractivity contribution in [1.82, 2.24) is 10.4 Å². The van der Waals surface area contributed by atoms with Gasteiger partial charge >= 0.3 is 5.97 Å². The highest BCUT2D eigenvalue weighted by Crippen LogP contribution is 2.35. The van der Waals surface area contributed by atoms with Crippen LogP contribution in [0.1, 0.15) is 37.5 Å². The fourth-order valence-corrected chi connectivity index (χ4v) is 4.81.